The topological polar surface area (TPSA) is 136 Å². The third-order valence-corrected chi connectivity index (χ3v) is 5.19. The van der Waals surface area contributed by atoms with Gasteiger partial charge in [-0.25, -0.2) is 9.78 Å². The molecule has 4 N–H and O–H groups in total. The highest BCUT2D eigenvalue weighted by atomic mass is 35.5. The van der Waals surface area contributed by atoms with Crippen LogP contribution in [0.5, 0.6) is 5.75 Å². The van der Waals surface area contributed by atoms with Gasteiger partial charge in [0.15, 0.2) is 18.2 Å². The van der Waals surface area contributed by atoms with Crippen LogP contribution in [0.25, 0.3) is 0 Å². The zero-order valence-corrected chi connectivity index (χ0v) is 17.1. The molecule has 2 aliphatic rings. The molecule has 0 saturated carbocycles. The van der Waals surface area contributed by atoms with Crippen LogP contribution in [0, 0.1) is 0 Å². The van der Waals surface area contributed by atoms with Gasteiger partial charge in [-0.2, -0.15) is 0 Å². The van der Waals surface area contributed by atoms with Crippen molar-refractivity contribution in [1.82, 2.24) is 10.3 Å². The lowest BCUT2D eigenvalue weighted by atomic mass is 10.1. The van der Waals surface area contributed by atoms with E-state index in [4.69, 9.17) is 26.8 Å². The van der Waals surface area contributed by atoms with Crippen LogP contribution in [-0.2, 0) is 9.53 Å². The Hall–Kier alpha value is -3.53. The highest BCUT2D eigenvalue weighted by Crippen LogP contribution is 2.30. The Kier molecular flexibility index (Phi) is 5.81. The van der Waals surface area contributed by atoms with E-state index in [-0.39, 0.29) is 40.9 Å². The predicted octanol–water partition coefficient (Wildman–Crippen LogP) is 2.18. The zero-order valence-electron chi connectivity index (χ0n) is 16.4. The Morgan fingerprint density at radius 2 is 2.16 bits per heavy atom. The van der Waals surface area contributed by atoms with Crippen LogP contribution in [0.3, 0.4) is 0 Å². The third kappa shape index (κ3) is 4.48. The second-order valence-electron chi connectivity index (χ2n) is 7.07. The molecule has 2 aliphatic heterocycles. The number of benzene rings is 1. The minimum Gasteiger partial charge on any atom is -0.480 e. The van der Waals surface area contributed by atoms with Crippen molar-refractivity contribution in [3.63, 3.8) is 0 Å². The van der Waals surface area contributed by atoms with Gasteiger partial charge in [0.2, 0.25) is 0 Å². The summed E-state index contributed by atoms with van der Waals surface area (Å²) in [4.78, 5) is 41.7. The number of nitrogens with two attached hydrogens (primary N) is 1. The van der Waals surface area contributed by atoms with Gasteiger partial charge < -0.3 is 25.8 Å². The Bertz CT molecular complexity index is 1030. The van der Waals surface area contributed by atoms with Gasteiger partial charge in [0, 0.05) is 12.2 Å². The molecule has 4 rings (SSSR count). The number of cyclic esters (lactones) is 1. The van der Waals surface area contributed by atoms with E-state index >= 15 is 0 Å². The van der Waals surface area contributed by atoms with Crippen molar-refractivity contribution in [3.05, 3.63) is 40.9 Å². The molecule has 0 bridgehead atoms. The summed E-state index contributed by atoms with van der Waals surface area (Å²) in [5.74, 6) is 0.420. The summed E-state index contributed by atoms with van der Waals surface area (Å²) in [6.45, 7) is 0.615. The first-order valence-corrected chi connectivity index (χ1v) is 10.0. The molecule has 31 heavy (non-hydrogen) atoms. The second-order valence-corrected chi connectivity index (χ2v) is 7.48. The van der Waals surface area contributed by atoms with Crippen LogP contribution < -0.4 is 26.0 Å². The van der Waals surface area contributed by atoms with Crippen molar-refractivity contribution < 1.29 is 23.9 Å². The second kappa shape index (κ2) is 8.68. The van der Waals surface area contributed by atoms with Crippen LogP contribution in [-0.4, -0.2) is 48.7 Å². The molecule has 0 spiro atoms. The molecule has 1 atom stereocenters. The quantitative estimate of drug-likeness (QED) is 0.458. The van der Waals surface area contributed by atoms with Crippen molar-refractivity contribution in [2.45, 2.75) is 18.9 Å². The lowest BCUT2D eigenvalue weighted by molar-refractivity contribution is -0.118. The maximum atomic E-state index is 12.3. The summed E-state index contributed by atoms with van der Waals surface area (Å²) in [5.41, 5.74) is 6.37. The number of carbonyl (C=O) groups is 3. The van der Waals surface area contributed by atoms with Crippen LogP contribution in [0.4, 0.5) is 22.1 Å². The minimum atomic E-state index is -0.520. The molecule has 1 fully saturated rings. The normalized spacial score (nSPS) is 17.5. The molecule has 11 heteroatoms. The lowest BCUT2D eigenvalue weighted by Crippen LogP contribution is -2.29. The van der Waals surface area contributed by atoms with Crippen LogP contribution in [0.1, 0.15) is 23.2 Å². The largest absolute Gasteiger partial charge is 0.480 e. The summed E-state index contributed by atoms with van der Waals surface area (Å²) in [6, 6.07) is 8.17. The number of ether oxygens (including phenoxy) is 2. The van der Waals surface area contributed by atoms with Gasteiger partial charge in [-0.3, -0.25) is 14.5 Å². The summed E-state index contributed by atoms with van der Waals surface area (Å²) in [6.07, 6.45) is 0.265. The zero-order chi connectivity index (χ0) is 22.0. The standard InChI is InChI=1S/C20H20ClN5O5/c21-12-4-1-5-13(22)17(12)19(28)23-8-2-3-11-9-26(20(29)31-11)15-7-6-14-18(24-15)25-16(27)10-30-14/h1,4-7,11H,2-3,8-10,22H2,(H,23,28)(H,24,25,27)/t11-/m1/s1. The Balaban J connectivity index is 1.29. The summed E-state index contributed by atoms with van der Waals surface area (Å²) in [7, 11) is 0. The monoisotopic (exact) mass is 445 g/mol. The SMILES string of the molecule is Nc1cccc(Cl)c1C(=O)NCCC[C@@H]1CN(c2ccc3c(n2)NC(=O)CO3)C(=O)O1. The fourth-order valence-electron chi connectivity index (χ4n) is 3.36. The molecular formula is C20H20ClN5O5. The average molecular weight is 446 g/mol. The number of hydrogen-bond acceptors (Lipinski definition) is 7. The van der Waals surface area contributed by atoms with Crippen molar-refractivity contribution in [1.29, 1.82) is 0 Å². The van der Waals surface area contributed by atoms with Gasteiger partial charge in [0.05, 0.1) is 17.1 Å². The molecule has 1 aromatic heterocycles. The summed E-state index contributed by atoms with van der Waals surface area (Å²) in [5, 5.41) is 5.67. The van der Waals surface area contributed by atoms with E-state index in [0.717, 1.165) is 0 Å². The van der Waals surface area contributed by atoms with E-state index in [0.29, 0.717) is 43.2 Å². The van der Waals surface area contributed by atoms with E-state index in [1.807, 2.05) is 0 Å². The number of amides is 3. The smallest absolute Gasteiger partial charge is 0.415 e. The number of carbonyl (C=O) groups excluding carboxylic acids is 3. The number of halogens is 1. The number of nitrogen functional groups attached to an aromatic ring is 1. The third-order valence-electron chi connectivity index (χ3n) is 4.87. The number of rotatable bonds is 6. The number of hydrogen-bond donors (Lipinski definition) is 3. The van der Waals surface area contributed by atoms with E-state index in [2.05, 4.69) is 15.6 Å². The van der Waals surface area contributed by atoms with Gasteiger partial charge >= 0.3 is 6.09 Å². The molecular weight excluding hydrogens is 426 g/mol. The van der Waals surface area contributed by atoms with Gasteiger partial charge in [0.1, 0.15) is 11.9 Å². The Labute approximate surface area is 182 Å². The molecule has 1 saturated heterocycles. The molecule has 0 radical (unpaired) electrons. The maximum Gasteiger partial charge on any atom is 0.415 e. The summed E-state index contributed by atoms with van der Waals surface area (Å²) >= 11 is 6.04. The number of anilines is 3. The molecule has 0 unspecified atom stereocenters. The van der Waals surface area contributed by atoms with E-state index in [1.165, 1.54) is 4.90 Å². The molecule has 162 valence electrons. The van der Waals surface area contributed by atoms with Crippen LogP contribution in [0.15, 0.2) is 30.3 Å². The molecule has 1 aromatic carbocycles. The van der Waals surface area contributed by atoms with Gasteiger partial charge in [-0.05, 0) is 37.1 Å². The van der Waals surface area contributed by atoms with Crippen molar-refractivity contribution in [2.75, 3.05) is 35.6 Å². The Morgan fingerprint density at radius 3 is 2.97 bits per heavy atom. The predicted molar refractivity (Wildman–Crippen MR) is 113 cm³/mol. The maximum absolute atomic E-state index is 12.3. The van der Waals surface area contributed by atoms with Gasteiger partial charge in [0.25, 0.3) is 11.8 Å². The van der Waals surface area contributed by atoms with E-state index in [1.54, 1.807) is 30.3 Å². The fraction of sp³-hybridized carbons (Fsp3) is 0.300. The average Bonchev–Trinajstić information content (AvgIpc) is 3.11. The molecule has 10 nitrogen and oxygen atoms in total. The lowest BCUT2D eigenvalue weighted by Gasteiger charge is -2.19. The number of fused-ring (bicyclic) bond motifs is 1. The Morgan fingerprint density at radius 1 is 1.32 bits per heavy atom. The molecule has 2 aromatic rings. The first-order chi connectivity index (χ1) is 14.9. The molecule has 0 aliphatic carbocycles. The van der Waals surface area contributed by atoms with Crippen LogP contribution >= 0.6 is 11.6 Å². The number of pyridine rings is 1. The van der Waals surface area contributed by atoms with Crippen molar-refractivity contribution in [3.8, 4) is 5.75 Å². The van der Waals surface area contributed by atoms with E-state index < -0.39 is 6.09 Å². The van der Waals surface area contributed by atoms with Crippen molar-refractivity contribution in [2.24, 2.45) is 0 Å². The number of nitrogens with one attached hydrogen (secondary N) is 2. The van der Waals surface area contributed by atoms with E-state index in [9.17, 15) is 14.4 Å². The van der Waals surface area contributed by atoms with Crippen LogP contribution in [0.2, 0.25) is 5.02 Å². The number of nitrogens with zero attached hydrogens (tertiary/aromatic N) is 2. The fourth-order valence-corrected chi connectivity index (χ4v) is 3.63. The highest BCUT2D eigenvalue weighted by molar-refractivity contribution is 6.34. The minimum absolute atomic E-state index is 0.0680. The highest BCUT2D eigenvalue weighted by Gasteiger charge is 2.33. The first-order valence-electron chi connectivity index (χ1n) is 9.66. The molecule has 3 amide bonds. The van der Waals surface area contributed by atoms with Crippen molar-refractivity contribution >= 4 is 46.8 Å². The van der Waals surface area contributed by atoms with Gasteiger partial charge in [-0.1, -0.05) is 17.7 Å². The number of aromatic nitrogens is 1. The first kappa shape index (κ1) is 20.7. The molecule has 3 heterocycles. The summed E-state index contributed by atoms with van der Waals surface area (Å²) < 4.78 is 10.7. The van der Waals surface area contributed by atoms with Gasteiger partial charge in [-0.15, -0.1) is 0 Å².